The highest BCUT2D eigenvalue weighted by Gasteiger charge is 1.98. The molecule has 0 aromatic heterocycles. The molecule has 3 heteroatoms. The average Bonchev–Trinajstić information content (AvgIpc) is 2.08. The first kappa shape index (κ1) is 9.50. The third-order valence-corrected chi connectivity index (χ3v) is 3.40. The third kappa shape index (κ3) is 2.20. The van der Waals surface area contributed by atoms with Crippen molar-refractivity contribution >= 4 is 37.9 Å². The molecule has 0 saturated heterocycles. The first-order valence-electron chi connectivity index (χ1n) is 3.26. The molecule has 0 amide bonds. The monoisotopic (exact) mass is 285 g/mol. The van der Waals surface area contributed by atoms with Crippen molar-refractivity contribution in [3.63, 3.8) is 0 Å². The maximum Gasteiger partial charge on any atom is 0.0912 e. The Morgan fingerprint density at radius 1 is 1.33 bits per heavy atom. The standard InChI is InChI=1S/C9H5Br2N/c10-8-5-1-3-7(9(8)11)4-2-6-12/h1-5H/b4-2+. The van der Waals surface area contributed by atoms with E-state index in [1.807, 2.05) is 24.3 Å². The van der Waals surface area contributed by atoms with Crippen molar-refractivity contribution in [1.29, 1.82) is 5.26 Å². The minimum atomic E-state index is 0.969. The van der Waals surface area contributed by atoms with E-state index in [9.17, 15) is 0 Å². The second-order valence-electron chi connectivity index (χ2n) is 2.11. The Hall–Kier alpha value is -0.590. The zero-order valence-corrected chi connectivity index (χ0v) is 9.26. The fourth-order valence-electron chi connectivity index (χ4n) is 0.776. The van der Waals surface area contributed by atoms with E-state index in [1.54, 1.807) is 6.08 Å². The van der Waals surface area contributed by atoms with E-state index in [-0.39, 0.29) is 0 Å². The van der Waals surface area contributed by atoms with Gasteiger partial charge >= 0.3 is 0 Å². The zero-order valence-electron chi connectivity index (χ0n) is 6.09. The van der Waals surface area contributed by atoms with Crippen LogP contribution in [-0.4, -0.2) is 0 Å². The van der Waals surface area contributed by atoms with Crippen LogP contribution in [0.5, 0.6) is 0 Å². The van der Waals surface area contributed by atoms with Gasteiger partial charge in [0.25, 0.3) is 0 Å². The molecule has 0 aliphatic carbocycles. The summed E-state index contributed by atoms with van der Waals surface area (Å²) >= 11 is 6.78. The fourth-order valence-corrected chi connectivity index (χ4v) is 1.55. The maximum atomic E-state index is 8.32. The molecule has 12 heavy (non-hydrogen) atoms. The highest BCUT2D eigenvalue weighted by molar-refractivity contribution is 9.13. The summed E-state index contributed by atoms with van der Waals surface area (Å²) in [5, 5.41) is 8.32. The van der Waals surface area contributed by atoms with Crippen LogP contribution in [0.1, 0.15) is 5.56 Å². The minimum absolute atomic E-state index is 0.969. The van der Waals surface area contributed by atoms with Crippen molar-refractivity contribution in [1.82, 2.24) is 0 Å². The van der Waals surface area contributed by atoms with E-state index in [2.05, 4.69) is 31.9 Å². The number of nitrogens with zero attached hydrogens (tertiary/aromatic N) is 1. The van der Waals surface area contributed by atoms with Gasteiger partial charge in [0, 0.05) is 15.0 Å². The van der Waals surface area contributed by atoms with Crippen LogP contribution in [0, 0.1) is 11.3 Å². The number of benzene rings is 1. The van der Waals surface area contributed by atoms with E-state index in [1.165, 1.54) is 6.08 Å². The van der Waals surface area contributed by atoms with Crippen molar-refractivity contribution in [3.8, 4) is 6.07 Å². The van der Waals surface area contributed by atoms with Crippen LogP contribution in [0.2, 0.25) is 0 Å². The van der Waals surface area contributed by atoms with E-state index in [0.29, 0.717) is 0 Å². The second-order valence-corrected chi connectivity index (χ2v) is 3.75. The van der Waals surface area contributed by atoms with Crippen LogP contribution >= 0.6 is 31.9 Å². The smallest absolute Gasteiger partial charge is 0.0912 e. The van der Waals surface area contributed by atoms with Crippen molar-refractivity contribution in [2.75, 3.05) is 0 Å². The predicted octanol–water partition coefficient (Wildman–Crippen LogP) is 3.75. The van der Waals surface area contributed by atoms with Crippen LogP contribution in [0.15, 0.2) is 33.2 Å². The summed E-state index contributed by atoms with van der Waals surface area (Å²) in [6, 6.07) is 7.74. The predicted molar refractivity (Wildman–Crippen MR) is 56.5 cm³/mol. The molecule has 1 rings (SSSR count). The minimum Gasteiger partial charge on any atom is -0.193 e. The molecule has 0 radical (unpaired) electrons. The van der Waals surface area contributed by atoms with Crippen LogP contribution in [0.3, 0.4) is 0 Å². The van der Waals surface area contributed by atoms with E-state index in [4.69, 9.17) is 5.26 Å². The number of rotatable bonds is 1. The van der Waals surface area contributed by atoms with Crippen molar-refractivity contribution in [2.24, 2.45) is 0 Å². The quantitative estimate of drug-likeness (QED) is 0.722. The normalized spacial score (nSPS) is 10.1. The van der Waals surface area contributed by atoms with Crippen molar-refractivity contribution in [2.45, 2.75) is 0 Å². The largest absolute Gasteiger partial charge is 0.193 e. The molecule has 0 spiro atoms. The van der Waals surface area contributed by atoms with Gasteiger partial charge in [0.15, 0.2) is 0 Å². The topological polar surface area (TPSA) is 23.8 Å². The van der Waals surface area contributed by atoms with E-state index < -0.39 is 0 Å². The zero-order chi connectivity index (χ0) is 8.97. The third-order valence-electron chi connectivity index (χ3n) is 1.32. The molecule has 0 N–H and O–H groups in total. The van der Waals surface area contributed by atoms with Gasteiger partial charge < -0.3 is 0 Å². The van der Waals surface area contributed by atoms with Crippen LogP contribution < -0.4 is 0 Å². The molecule has 1 aromatic carbocycles. The van der Waals surface area contributed by atoms with Gasteiger partial charge in [-0.15, -0.1) is 0 Å². The molecule has 0 heterocycles. The Balaban J connectivity index is 3.10. The molecule has 0 saturated carbocycles. The lowest BCUT2D eigenvalue weighted by Crippen LogP contribution is -1.75. The fraction of sp³-hybridized carbons (Fsp3) is 0. The van der Waals surface area contributed by atoms with Gasteiger partial charge in [0.05, 0.1) is 6.07 Å². The molecule has 1 aromatic rings. The molecule has 0 atom stereocenters. The molecular weight excluding hydrogens is 282 g/mol. The summed E-state index contributed by atoms with van der Waals surface area (Å²) < 4.78 is 1.96. The van der Waals surface area contributed by atoms with E-state index >= 15 is 0 Å². The summed E-state index contributed by atoms with van der Waals surface area (Å²) in [6.45, 7) is 0. The number of allylic oxidation sites excluding steroid dienone is 1. The number of nitriles is 1. The van der Waals surface area contributed by atoms with Gasteiger partial charge in [-0.05, 0) is 49.6 Å². The summed E-state index contributed by atoms with van der Waals surface area (Å²) in [5.41, 5.74) is 0.992. The summed E-state index contributed by atoms with van der Waals surface area (Å²) in [7, 11) is 0. The molecular formula is C9H5Br2N. The number of hydrogen-bond acceptors (Lipinski definition) is 1. The highest BCUT2D eigenvalue weighted by Crippen LogP contribution is 2.27. The lowest BCUT2D eigenvalue weighted by atomic mass is 10.2. The van der Waals surface area contributed by atoms with Gasteiger partial charge in [-0.3, -0.25) is 0 Å². The second kappa shape index (κ2) is 4.44. The van der Waals surface area contributed by atoms with Crippen molar-refractivity contribution in [3.05, 3.63) is 38.8 Å². The molecule has 0 aliphatic heterocycles. The Kier molecular flexibility index (Phi) is 3.51. The van der Waals surface area contributed by atoms with Gasteiger partial charge in [-0.2, -0.15) is 5.26 Å². The summed E-state index contributed by atoms with van der Waals surface area (Å²) in [5.74, 6) is 0. The van der Waals surface area contributed by atoms with E-state index in [0.717, 1.165) is 14.5 Å². The highest BCUT2D eigenvalue weighted by atomic mass is 79.9. The van der Waals surface area contributed by atoms with Gasteiger partial charge in [-0.1, -0.05) is 12.1 Å². The lowest BCUT2D eigenvalue weighted by molar-refractivity contribution is 1.53. The first-order chi connectivity index (χ1) is 5.75. The first-order valence-corrected chi connectivity index (χ1v) is 4.84. The van der Waals surface area contributed by atoms with Crippen LogP contribution in [0.25, 0.3) is 6.08 Å². The summed E-state index contributed by atoms with van der Waals surface area (Å²) in [4.78, 5) is 0. The molecule has 1 nitrogen and oxygen atoms in total. The lowest BCUT2D eigenvalue weighted by Gasteiger charge is -1.98. The van der Waals surface area contributed by atoms with Crippen LogP contribution in [-0.2, 0) is 0 Å². The molecule has 0 aliphatic rings. The van der Waals surface area contributed by atoms with Crippen LogP contribution in [0.4, 0.5) is 0 Å². The van der Waals surface area contributed by atoms with Gasteiger partial charge in [0.2, 0.25) is 0 Å². The van der Waals surface area contributed by atoms with Crippen molar-refractivity contribution < 1.29 is 0 Å². The van der Waals surface area contributed by atoms with Gasteiger partial charge in [0.1, 0.15) is 0 Å². The molecule has 0 unspecified atom stereocenters. The number of hydrogen-bond donors (Lipinski definition) is 0. The number of halogens is 2. The summed E-state index contributed by atoms with van der Waals surface area (Å²) in [6.07, 6.45) is 3.21. The SMILES string of the molecule is N#C/C=C/c1cccc(Br)c1Br. The Morgan fingerprint density at radius 3 is 2.75 bits per heavy atom. The molecule has 0 bridgehead atoms. The molecule has 0 fully saturated rings. The molecule has 60 valence electrons. The Bertz CT molecular complexity index is 350. The average molecular weight is 287 g/mol. The Morgan fingerprint density at radius 2 is 2.08 bits per heavy atom. The maximum absolute atomic E-state index is 8.32. The van der Waals surface area contributed by atoms with Gasteiger partial charge in [-0.25, -0.2) is 0 Å². The Labute approximate surface area is 88.0 Å².